The summed E-state index contributed by atoms with van der Waals surface area (Å²) in [7, 11) is 0. The molecule has 12 rings (SSSR count). The van der Waals surface area contributed by atoms with Gasteiger partial charge in [0, 0.05) is 16.9 Å². The molecule has 0 bridgehead atoms. The van der Waals surface area contributed by atoms with Gasteiger partial charge in [-0.2, -0.15) is 0 Å². The van der Waals surface area contributed by atoms with E-state index in [-0.39, 0.29) is 0 Å². The van der Waals surface area contributed by atoms with Crippen LogP contribution < -0.4 is 4.90 Å². The molecule has 0 spiro atoms. The van der Waals surface area contributed by atoms with Crippen molar-refractivity contribution < 1.29 is 0 Å². The summed E-state index contributed by atoms with van der Waals surface area (Å²) < 4.78 is 0. The zero-order valence-corrected chi connectivity index (χ0v) is 36.9. The lowest BCUT2D eigenvalue weighted by atomic mass is 9.67. The van der Waals surface area contributed by atoms with E-state index in [1.54, 1.807) is 0 Å². The summed E-state index contributed by atoms with van der Waals surface area (Å²) in [6, 6.07) is 92.4. The molecule has 0 atom stereocenters. The number of benzene rings is 10. The highest BCUT2D eigenvalue weighted by atomic mass is 15.1. The Morgan fingerprint density at radius 2 is 0.773 bits per heavy atom. The van der Waals surface area contributed by atoms with Crippen LogP contribution in [0.25, 0.3) is 55.6 Å². The van der Waals surface area contributed by atoms with Crippen molar-refractivity contribution in [2.45, 2.75) is 31.1 Å². The molecule has 2 aliphatic rings. The maximum atomic E-state index is 2.57. The highest BCUT2D eigenvalue weighted by Gasteiger charge is 2.47. The van der Waals surface area contributed by atoms with Crippen LogP contribution in [0.2, 0.25) is 0 Å². The van der Waals surface area contributed by atoms with Crippen molar-refractivity contribution >= 4 is 17.1 Å². The first-order valence-electron chi connectivity index (χ1n) is 23.5. The van der Waals surface area contributed by atoms with Crippen LogP contribution in [0.4, 0.5) is 17.1 Å². The molecule has 0 heterocycles. The molecule has 0 aliphatic heterocycles. The van der Waals surface area contributed by atoms with Crippen LogP contribution in [-0.2, 0) is 18.3 Å². The van der Waals surface area contributed by atoms with Gasteiger partial charge in [0.15, 0.2) is 0 Å². The summed E-state index contributed by atoms with van der Waals surface area (Å²) in [5, 5.41) is 0. The van der Waals surface area contributed by atoms with E-state index in [9.17, 15) is 0 Å². The van der Waals surface area contributed by atoms with Gasteiger partial charge in [0.1, 0.15) is 0 Å². The van der Waals surface area contributed by atoms with Crippen molar-refractivity contribution in [2.75, 3.05) is 4.90 Å². The van der Waals surface area contributed by atoms with Gasteiger partial charge < -0.3 is 4.90 Å². The van der Waals surface area contributed by atoms with E-state index in [4.69, 9.17) is 0 Å². The molecule has 66 heavy (non-hydrogen) atoms. The fourth-order valence-electron chi connectivity index (χ4n) is 11.2. The van der Waals surface area contributed by atoms with E-state index in [1.165, 1.54) is 108 Å². The average Bonchev–Trinajstić information content (AvgIpc) is 3.69. The molecule has 314 valence electrons. The second-order valence-electron chi connectivity index (χ2n) is 17.8. The lowest BCUT2D eigenvalue weighted by Gasteiger charge is -2.36. The van der Waals surface area contributed by atoms with Gasteiger partial charge in [0.05, 0.1) is 11.1 Å². The first kappa shape index (κ1) is 39.6. The van der Waals surface area contributed by atoms with Gasteiger partial charge in [-0.25, -0.2) is 0 Å². The summed E-state index contributed by atoms with van der Waals surface area (Å²) in [6.45, 7) is 0. The van der Waals surface area contributed by atoms with Crippen molar-refractivity contribution in [2.24, 2.45) is 0 Å². The molecule has 10 aromatic rings. The van der Waals surface area contributed by atoms with Crippen LogP contribution in [0.5, 0.6) is 0 Å². The summed E-state index contributed by atoms with van der Waals surface area (Å²) >= 11 is 0. The maximum absolute atomic E-state index is 2.57. The monoisotopic (exact) mass is 843 g/mol. The van der Waals surface area contributed by atoms with E-state index in [0.717, 1.165) is 24.2 Å². The molecule has 2 aliphatic carbocycles. The van der Waals surface area contributed by atoms with Crippen molar-refractivity contribution in [3.63, 3.8) is 0 Å². The topological polar surface area (TPSA) is 3.24 Å². The molecule has 10 aromatic carbocycles. The largest absolute Gasteiger partial charge is 0.310 e. The van der Waals surface area contributed by atoms with E-state index in [0.29, 0.717) is 0 Å². The number of fused-ring (bicyclic) bond motifs is 4. The van der Waals surface area contributed by atoms with Crippen molar-refractivity contribution in [3.8, 4) is 55.6 Å². The van der Waals surface area contributed by atoms with Gasteiger partial charge in [-0.3, -0.25) is 0 Å². The normalized spacial score (nSPS) is 13.3. The third-order valence-electron chi connectivity index (χ3n) is 14.2. The molecule has 0 fully saturated rings. The van der Waals surface area contributed by atoms with Gasteiger partial charge >= 0.3 is 0 Å². The highest BCUT2D eigenvalue weighted by molar-refractivity contribution is 5.98. The smallest absolute Gasteiger partial charge is 0.0714 e. The lowest BCUT2D eigenvalue weighted by molar-refractivity contribution is 0.687. The van der Waals surface area contributed by atoms with Crippen LogP contribution in [0.15, 0.2) is 249 Å². The SMILES string of the molecule is c1ccc(-c2ccc(N(c3ccc(-c4ccccc4-c4ccccc4)cc3)c3cc4c(cc3-c3cccc5c3CCCC5)-c3ccccc3C4(c3ccccc3)c3ccccc3)cc2)cc1. The van der Waals surface area contributed by atoms with Crippen LogP contribution in [0.1, 0.15) is 46.2 Å². The van der Waals surface area contributed by atoms with Gasteiger partial charge in [-0.05, 0) is 146 Å². The molecule has 0 radical (unpaired) electrons. The molecular weight excluding hydrogens is 795 g/mol. The Labute approximate surface area is 389 Å². The lowest BCUT2D eigenvalue weighted by Crippen LogP contribution is -2.28. The molecular formula is C65H49N. The van der Waals surface area contributed by atoms with E-state index >= 15 is 0 Å². The Kier molecular flexibility index (Phi) is 10.1. The zero-order chi connectivity index (χ0) is 43.9. The number of hydrogen-bond donors (Lipinski definition) is 0. The molecule has 1 heteroatoms. The summed E-state index contributed by atoms with van der Waals surface area (Å²) in [4.78, 5) is 2.53. The molecule has 0 amide bonds. The van der Waals surface area contributed by atoms with E-state index in [1.807, 2.05) is 0 Å². The summed E-state index contributed by atoms with van der Waals surface area (Å²) in [5.74, 6) is 0. The fourth-order valence-corrected chi connectivity index (χ4v) is 11.2. The number of rotatable bonds is 9. The summed E-state index contributed by atoms with van der Waals surface area (Å²) in [5.41, 5.74) is 23.4. The van der Waals surface area contributed by atoms with Gasteiger partial charge in [0.25, 0.3) is 0 Å². The quantitative estimate of drug-likeness (QED) is 0.140. The van der Waals surface area contributed by atoms with Crippen molar-refractivity contribution in [3.05, 3.63) is 282 Å². The van der Waals surface area contributed by atoms with Crippen LogP contribution in [0, 0.1) is 0 Å². The Bertz CT molecular complexity index is 3280. The second-order valence-corrected chi connectivity index (χ2v) is 17.8. The number of nitrogens with zero attached hydrogens (tertiary/aromatic N) is 1. The minimum atomic E-state index is -0.550. The number of anilines is 3. The Morgan fingerprint density at radius 3 is 1.39 bits per heavy atom. The van der Waals surface area contributed by atoms with Crippen LogP contribution in [-0.4, -0.2) is 0 Å². The number of aryl methyl sites for hydroxylation is 1. The first-order chi connectivity index (χ1) is 32.8. The fraction of sp³-hybridized carbons (Fsp3) is 0.0769. The molecule has 0 N–H and O–H groups in total. The van der Waals surface area contributed by atoms with Gasteiger partial charge in [-0.1, -0.05) is 212 Å². The molecule has 1 nitrogen and oxygen atoms in total. The standard InChI is InChI=1S/C65H49N/c1-5-20-46(21-6-1)47-36-40-53(41-37-47)66(54-42-38-50(39-43-54)56-31-16-15-30-55(56)48-22-7-2-8-23-48)64-45-63-60(44-61(64)58-34-19-25-49-24-13-14-32-57(49)58)59-33-17-18-35-62(59)65(63,51-26-9-3-10-27-51)52-28-11-4-12-29-52/h1-12,15-23,25-31,33-45H,13-14,24,32H2. The average molecular weight is 844 g/mol. The maximum Gasteiger partial charge on any atom is 0.0714 e. The molecule has 0 saturated carbocycles. The highest BCUT2D eigenvalue weighted by Crippen LogP contribution is 2.59. The predicted molar refractivity (Wildman–Crippen MR) is 277 cm³/mol. The van der Waals surface area contributed by atoms with Crippen LogP contribution >= 0.6 is 0 Å². The second kappa shape index (κ2) is 16.8. The van der Waals surface area contributed by atoms with Crippen LogP contribution in [0.3, 0.4) is 0 Å². The molecule has 0 saturated heterocycles. The first-order valence-corrected chi connectivity index (χ1v) is 23.5. The van der Waals surface area contributed by atoms with Crippen molar-refractivity contribution in [1.82, 2.24) is 0 Å². The van der Waals surface area contributed by atoms with Gasteiger partial charge in [-0.15, -0.1) is 0 Å². The summed E-state index contributed by atoms with van der Waals surface area (Å²) in [6.07, 6.45) is 4.64. The Hall–Kier alpha value is -8.00. The third kappa shape index (κ3) is 6.70. The Morgan fingerprint density at radius 1 is 0.303 bits per heavy atom. The number of hydrogen-bond acceptors (Lipinski definition) is 1. The minimum absolute atomic E-state index is 0.550. The molecule has 0 aromatic heterocycles. The zero-order valence-electron chi connectivity index (χ0n) is 36.9. The van der Waals surface area contributed by atoms with Gasteiger partial charge in [0.2, 0.25) is 0 Å². The third-order valence-corrected chi connectivity index (χ3v) is 14.2. The van der Waals surface area contributed by atoms with Crippen molar-refractivity contribution in [1.29, 1.82) is 0 Å². The minimum Gasteiger partial charge on any atom is -0.310 e. The van der Waals surface area contributed by atoms with E-state index in [2.05, 4.69) is 254 Å². The van der Waals surface area contributed by atoms with E-state index < -0.39 is 5.41 Å². The predicted octanol–water partition coefficient (Wildman–Crippen LogP) is 17.1. The molecule has 0 unspecified atom stereocenters. The Balaban J connectivity index is 1.14.